The number of benzene rings is 2. The Labute approximate surface area is 158 Å². The zero-order valence-corrected chi connectivity index (χ0v) is 16.0. The van der Waals surface area contributed by atoms with Gasteiger partial charge in [0, 0.05) is 12.6 Å². The summed E-state index contributed by atoms with van der Waals surface area (Å²) >= 11 is 0. The zero-order chi connectivity index (χ0) is 19.4. The van der Waals surface area contributed by atoms with Gasteiger partial charge in [0.05, 0.1) is 20.3 Å². The maximum Gasteiger partial charge on any atom is 0.247 e. The summed E-state index contributed by atoms with van der Waals surface area (Å²) in [6, 6.07) is 10.0. The second-order valence-corrected chi connectivity index (χ2v) is 8.05. The Morgan fingerprint density at radius 2 is 1.78 bits per heavy atom. The molecular formula is C19H22FNO5S. The van der Waals surface area contributed by atoms with E-state index in [9.17, 15) is 12.8 Å². The first-order chi connectivity index (χ1) is 13.0. The van der Waals surface area contributed by atoms with Crippen molar-refractivity contribution in [3.63, 3.8) is 0 Å². The third-order valence-corrected chi connectivity index (χ3v) is 6.51. The minimum Gasteiger partial charge on any atom is -0.497 e. The van der Waals surface area contributed by atoms with Crippen LogP contribution in [-0.2, 0) is 10.0 Å². The lowest BCUT2D eigenvalue weighted by atomic mass is 10.2. The van der Waals surface area contributed by atoms with Gasteiger partial charge in [0.15, 0.2) is 0 Å². The molecule has 0 aliphatic carbocycles. The molecule has 1 aliphatic rings. The number of methoxy groups -OCH3 is 2. The SMILES string of the molecule is COc1ccc(OC)c(S(=O)(=O)N2CCCC2COc2ccc(F)cc2)c1. The number of nitrogens with zero attached hydrogens (tertiary/aromatic N) is 1. The summed E-state index contributed by atoms with van der Waals surface area (Å²) in [5.74, 6) is 0.853. The maximum atomic E-state index is 13.2. The van der Waals surface area contributed by atoms with Gasteiger partial charge in [-0.1, -0.05) is 0 Å². The van der Waals surface area contributed by atoms with Crippen LogP contribution < -0.4 is 14.2 Å². The topological polar surface area (TPSA) is 65.1 Å². The predicted octanol–water partition coefficient (Wildman–Crippen LogP) is 3.08. The number of hydrogen-bond acceptors (Lipinski definition) is 5. The van der Waals surface area contributed by atoms with Crippen LogP contribution >= 0.6 is 0 Å². The quantitative estimate of drug-likeness (QED) is 0.721. The first-order valence-corrected chi connectivity index (χ1v) is 10.0. The van der Waals surface area contributed by atoms with E-state index in [-0.39, 0.29) is 29.1 Å². The Balaban J connectivity index is 1.81. The molecule has 146 valence electrons. The third kappa shape index (κ3) is 4.17. The van der Waals surface area contributed by atoms with Crippen LogP contribution in [0.2, 0.25) is 0 Å². The lowest BCUT2D eigenvalue weighted by molar-refractivity contribution is 0.232. The van der Waals surface area contributed by atoms with E-state index in [1.165, 1.54) is 48.9 Å². The van der Waals surface area contributed by atoms with Gasteiger partial charge in [0.25, 0.3) is 0 Å². The Kier molecular flexibility index (Phi) is 5.86. The van der Waals surface area contributed by atoms with Gasteiger partial charge in [-0.2, -0.15) is 4.31 Å². The predicted molar refractivity (Wildman–Crippen MR) is 98.4 cm³/mol. The van der Waals surface area contributed by atoms with Gasteiger partial charge >= 0.3 is 0 Å². The molecule has 0 spiro atoms. The average molecular weight is 395 g/mol. The van der Waals surface area contributed by atoms with Gasteiger partial charge < -0.3 is 14.2 Å². The molecule has 8 heteroatoms. The highest BCUT2D eigenvalue weighted by Gasteiger charge is 2.37. The first-order valence-electron chi connectivity index (χ1n) is 8.58. The zero-order valence-electron chi connectivity index (χ0n) is 15.2. The van der Waals surface area contributed by atoms with Crippen molar-refractivity contribution in [3.05, 3.63) is 48.3 Å². The van der Waals surface area contributed by atoms with Crippen molar-refractivity contribution in [2.24, 2.45) is 0 Å². The van der Waals surface area contributed by atoms with Crippen molar-refractivity contribution in [2.45, 2.75) is 23.8 Å². The molecule has 1 unspecified atom stereocenters. The van der Waals surface area contributed by atoms with E-state index in [2.05, 4.69) is 0 Å². The number of hydrogen-bond donors (Lipinski definition) is 0. The van der Waals surface area contributed by atoms with E-state index in [4.69, 9.17) is 14.2 Å². The number of halogens is 1. The highest BCUT2D eigenvalue weighted by atomic mass is 32.2. The van der Waals surface area contributed by atoms with Gasteiger partial charge in [-0.05, 0) is 49.2 Å². The molecule has 0 aromatic heterocycles. The van der Waals surface area contributed by atoms with Crippen LogP contribution in [0.4, 0.5) is 4.39 Å². The Hall–Kier alpha value is -2.32. The lowest BCUT2D eigenvalue weighted by Crippen LogP contribution is -2.39. The minimum absolute atomic E-state index is 0.0676. The van der Waals surface area contributed by atoms with Crippen molar-refractivity contribution in [2.75, 3.05) is 27.4 Å². The summed E-state index contributed by atoms with van der Waals surface area (Å²) in [7, 11) is -0.876. The van der Waals surface area contributed by atoms with Crippen molar-refractivity contribution < 1.29 is 27.0 Å². The molecule has 0 amide bonds. The average Bonchev–Trinajstić information content (AvgIpc) is 3.16. The van der Waals surface area contributed by atoms with E-state index in [0.29, 0.717) is 24.5 Å². The van der Waals surface area contributed by atoms with E-state index in [0.717, 1.165) is 6.42 Å². The van der Waals surface area contributed by atoms with Gasteiger partial charge in [0.1, 0.15) is 34.6 Å². The lowest BCUT2D eigenvalue weighted by Gasteiger charge is -2.25. The molecule has 1 heterocycles. The first kappa shape index (κ1) is 19.4. The Morgan fingerprint density at radius 1 is 1.07 bits per heavy atom. The third-order valence-electron chi connectivity index (χ3n) is 4.54. The summed E-state index contributed by atoms with van der Waals surface area (Å²) < 4.78 is 57.0. The summed E-state index contributed by atoms with van der Waals surface area (Å²) in [6.07, 6.45) is 1.43. The highest BCUT2D eigenvalue weighted by molar-refractivity contribution is 7.89. The smallest absolute Gasteiger partial charge is 0.247 e. The van der Waals surface area contributed by atoms with Crippen LogP contribution in [-0.4, -0.2) is 46.1 Å². The monoisotopic (exact) mass is 395 g/mol. The molecule has 2 aromatic carbocycles. The van der Waals surface area contributed by atoms with Crippen molar-refractivity contribution in [3.8, 4) is 17.2 Å². The van der Waals surface area contributed by atoms with Crippen LogP contribution in [0.25, 0.3) is 0 Å². The summed E-state index contributed by atoms with van der Waals surface area (Å²) in [6.45, 7) is 0.595. The minimum atomic E-state index is -3.79. The van der Waals surface area contributed by atoms with Gasteiger partial charge in [-0.3, -0.25) is 0 Å². The summed E-state index contributed by atoms with van der Waals surface area (Å²) in [5.41, 5.74) is 0. The normalized spacial score (nSPS) is 17.7. The van der Waals surface area contributed by atoms with Gasteiger partial charge in [0.2, 0.25) is 10.0 Å². The number of ether oxygens (including phenoxy) is 3. The fourth-order valence-electron chi connectivity index (χ4n) is 3.13. The van der Waals surface area contributed by atoms with Gasteiger partial charge in [-0.25, -0.2) is 12.8 Å². The summed E-state index contributed by atoms with van der Waals surface area (Å²) in [4.78, 5) is 0.0676. The van der Waals surface area contributed by atoms with Crippen LogP contribution in [0.15, 0.2) is 47.4 Å². The van der Waals surface area contributed by atoms with Crippen molar-refractivity contribution >= 4 is 10.0 Å². The number of sulfonamides is 1. The van der Waals surface area contributed by atoms with E-state index < -0.39 is 10.0 Å². The highest BCUT2D eigenvalue weighted by Crippen LogP contribution is 2.34. The Bertz CT molecular complexity index is 885. The molecule has 1 atom stereocenters. The fourth-order valence-corrected chi connectivity index (χ4v) is 4.98. The molecule has 0 N–H and O–H groups in total. The van der Waals surface area contributed by atoms with Crippen molar-refractivity contribution in [1.82, 2.24) is 4.31 Å². The molecule has 6 nitrogen and oxygen atoms in total. The molecule has 0 radical (unpaired) electrons. The molecule has 1 fully saturated rings. The molecule has 0 bridgehead atoms. The Morgan fingerprint density at radius 3 is 2.44 bits per heavy atom. The van der Waals surface area contributed by atoms with Crippen LogP contribution in [0.3, 0.4) is 0 Å². The molecule has 27 heavy (non-hydrogen) atoms. The van der Waals surface area contributed by atoms with E-state index >= 15 is 0 Å². The molecule has 1 saturated heterocycles. The summed E-state index contributed by atoms with van der Waals surface area (Å²) in [5, 5.41) is 0. The molecule has 2 aromatic rings. The fraction of sp³-hybridized carbons (Fsp3) is 0.368. The number of rotatable bonds is 7. The van der Waals surface area contributed by atoms with Crippen LogP contribution in [0, 0.1) is 5.82 Å². The standard InChI is InChI=1S/C19H22FNO5S/c1-24-17-9-10-18(25-2)19(12-17)27(22,23)21-11-3-4-15(21)13-26-16-7-5-14(20)6-8-16/h5-10,12,15H,3-4,11,13H2,1-2H3. The van der Waals surface area contributed by atoms with Crippen LogP contribution in [0.1, 0.15) is 12.8 Å². The second-order valence-electron chi connectivity index (χ2n) is 6.19. The maximum absolute atomic E-state index is 13.2. The van der Waals surface area contributed by atoms with Crippen molar-refractivity contribution in [1.29, 1.82) is 0 Å². The van der Waals surface area contributed by atoms with E-state index in [1.807, 2.05) is 0 Å². The molecule has 0 saturated carbocycles. The van der Waals surface area contributed by atoms with E-state index in [1.54, 1.807) is 12.1 Å². The largest absolute Gasteiger partial charge is 0.497 e. The van der Waals surface area contributed by atoms with Gasteiger partial charge in [-0.15, -0.1) is 0 Å². The molecule has 3 rings (SSSR count). The van der Waals surface area contributed by atoms with Crippen LogP contribution in [0.5, 0.6) is 17.2 Å². The second kappa shape index (κ2) is 8.14. The molecule has 1 aliphatic heterocycles. The molecular weight excluding hydrogens is 373 g/mol.